The molecule has 0 saturated heterocycles. The Labute approximate surface area is 112 Å². The highest BCUT2D eigenvalue weighted by Gasteiger charge is 2.00. The molecule has 2 rings (SSSR count). The van der Waals surface area contributed by atoms with Gasteiger partial charge in [-0.1, -0.05) is 60.7 Å². The second-order valence-corrected chi connectivity index (χ2v) is 5.05. The Morgan fingerprint density at radius 3 is 2.22 bits per heavy atom. The van der Waals surface area contributed by atoms with Crippen LogP contribution in [0.3, 0.4) is 0 Å². The number of aliphatic hydroxyl groups is 1. The van der Waals surface area contributed by atoms with Gasteiger partial charge in [-0.15, -0.1) is 11.8 Å². The molecule has 1 atom stereocenters. The van der Waals surface area contributed by atoms with Crippen LogP contribution >= 0.6 is 11.8 Å². The molecule has 2 aromatic rings. The highest BCUT2D eigenvalue weighted by atomic mass is 32.2. The van der Waals surface area contributed by atoms with Crippen molar-refractivity contribution in [1.29, 1.82) is 0 Å². The average Bonchev–Trinajstić information content (AvgIpc) is 2.45. The Morgan fingerprint density at radius 1 is 0.944 bits per heavy atom. The molecule has 0 heterocycles. The van der Waals surface area contributed by atoms with Crippen molar-refractivity contribution in [1.82, 2.24) is 0 Å². The first-order chi connectivity index (χ1) is 8.84. The molecule has 18 heavy (non-hydrogen) atoms. The summed E-state index contributed by atoms with van der Waals surface area (Å²) in [4.78, 5) is 1.18. The van der Waals surface area contributed by atoms with Gasteiger partial charge in [0.25, 0.3) is 0 Å². The zero-order chi connectivity index (χ0) is 12.6. The van der Waals surface area contributed by atoms with Gasteiger partial charge in [0, 0.05) is 10.6 Å². The highest BCUT2D eigenvalue weighted by Crippen LogP contribution is 2.18. The monoisotopic (exact) mass is 256 g/mol. The summed E-state index contributed by atoms with van der Waals surface area (Å²) in [5.41, 5.74) is 1.11. The minimum atomic E-state index is -0.421. The van der Waals surface area contributed by atoms with Crippen LogP contribution in [0.25, 0.3) is 6.08 Å². The van der Waals surface area contributed by atoms with E-state index in [4.69, 9.17) is 0 Å². The molecule has 0 radical (unpaired) electrons. The molecule has 2 heteroatoms. The lowest BCUT2D eigenvalue weighted by atomic mass is 10.2. The van der Waals surface area contributed by atoms with Crippen LogP contribution in [0, 0.1) is 0 Å². The Bertz CT molecular complexity index is 479. The van der Waals surface area contributed by atoms with Crippen LogP contribution in [0.15, 0.2) is 71.6 Å². The molecule has 0 aromatic heterocycles. The van der Waals surface area contributed by atoms with Crippen molar-refractivity contribution in [2.24, 2.45) is 0 Å². The van der Waals surface area contributed by atoms with Crippen molar-refractivity contribution in [3.8, 4) is 0 Å². The van der Waals surface area contributed by atoms with Crippen LogP contribution in [0.1, 0.15) is 5.56 Å². The fourth-order valence-corrected chi connectivity index (χ4v) is 2.36. The van der Waals surface area contributed by atoms with Crippen LogP contribution in [0.5, 0.6) is 0 Å². The molecule has 0 aliphatic carbocycles. The van der Waals surface area contributed by atoms with Gasteiger partial charge in [0.15, 0.2) is 0 Å². The Morgan fingerprint density at radius 2 is 1.56 bits per heavy atom. The molecular formula is C16H16OS. The van der Waals surface area contributed by atoms with Crippen LogP contribution in [0.4, 0.5) is 0 Å². The zero-order valence-electron chi connectivity index (χ0n) is 10.1. The molecule has 0 spiro atoms. The first-order valence-corrected chi connectivity index (χ1v) is 6.92. The molecule has 1 nitrogen and oxygen atoms in total. The lowest BCUT2D eigenvalue weighted by Crippen LogP contribution is -2.04. The maximum Gasteiger partial charge on any atom is 0.0818 e. The number of thioether (sulfide) groups is 1. The van der Waals surface area contributed by atoms with Gasteiger partial charge in [-0.05, 0) is 17.7 Å². The number of hydrogen-bond acceptors (Lipinski definition) is 2. The van der Waals surface area contributed by atoms with Crippen LogP contribution in [-0.4, -0.2) is 17.0 Å². The SMILES string of the molecule is OC(/C=C/c1ccccc1)CSc1ccccc1. The largest absolute Gasteiger partial charge is 0.388 e. The summed E-state index contributed by atoms with van der Waals surface area (Å²) in [6, 6.07) is 20.1. The quantitative estimate of drug-likeness (QED) is 0.820. The van der Waals surface area contributed by atoms with Crippen molar-refractivity contribution in [2.75, 3.05) is 5.75 Å². The van der Waals surface area contributed by atoms with E-state index >= 15 is 0 Å². The van der Waals surface area contributed by atoms with Crippen LogP contribution < -0.4 is 0 Å². The molecule has 1 unspecified atom stereocenters. The fraction of sp³-hybridized carbons (Fsp3) is 0.125. The van der Waals surface area contributed by atoms with Crippen molar-refractivity contribution in [3.63, 3.8) is 0 Å². The van der Waals surface area contributed by atoms with Crippen molar-refractivity contribution < 1.29 is 5.11 Å². The lowest BCUT2D eigenvalue weighted by Gasteiger charge is -2.05. The third-order valence-electron chi connectivity index (χ3n) is 2.47. The van der Waals surface area contributed by atoms with E-state index in [1.165, 1.54) is 4.90 Å². The summed E-state index contributed by atoms with van der Waals surface area (Å²) >= 11 is 1.66. The Kier molecular flexibility index (Phi) is 5.06. The van der Waals surface area contributed by atoms with E-state index in [9.17, 15) is 5.11 Å². The third kappa shape index (κ3) is 4.40. The summed E-state index contributed by atoms with van der Waals surface area (Å²) in [7, 11) is 0. The number of hydrogen-bond donors (Lipinski definition) is 1. The average molecular weight is 256 g/mol. The molecule has 92 valence electrons. The van der Waals surface area contributed by atoms with Gasteiger partial charge in [-0.2, -0.15) is 0 Å². The maximum absolute atomic E-state index is 9.86. The summed E-state index contributed by atoms with van der Waals surface area (Å²) < 4.78 is 0. The minimum Gasteiger partial charge on any atom is -0.388 e. The number of aliphatic hydroxyl groups excluding tert-OH is 1. The molecule has 0 bridgehead atoms. The van der Waals surface area contributed by atoms with Crippen LogP contribution in [-0.2, 0) is 0 Å². The highest BCUT2D eigenvalue weighted by molar-refractivity contribution is 7.99. The number of rotatable bonds is 5. The summed E-state index contributed by atoms with van der Waals surface area (Å²) in [6.07, 6.45) is 3.37. The molecule has 2 aromatic carbocycles. The third-order valence-corrected chi connectivity index (χ3v) is 3.59. The zero-order valence-corrected chi connectivity index (χ0v) is 10.9. The summed E-state index contributed by atoms with van der Waals surface area (Å²) in [5, 5.41) is 9.86. The van der Waals surface area contributed by atoms with Gasteiger partial charge in [0.05, 0.1) is 6.10 Å². The molecule has 0 aliphatic heterocycles. The van der Waals surface area contributed by atoms with E-state index in [0.29, 0.717) is 5.75 Å². The normalized spacial score (nSPS) is 12.7. The smallest absolute Gasteiger partial charge is 0.0818 e. The summed E-state index contributed by atoms with van der Waals surface area (Å²) in [5.74, 6) is 0.674. The second kappa shape index (κ2) is 7.04. The van der Waals surface area contributed by atoms with E-state index in [-0.39, 0.29) is 0 Å². The van der Waals surface area contributed by atoms with E-state index in [1.54, 1.807) is 11.8 Å². The van der Waals surface area contributed by atoms with Crippen molar-refractivity contribution >= 4 is 17.8 Å². The number of benzene rings is 2. The maximum atomic E-state index is 9.86. The Hall–Kier alpha value is -1.51. The molecular weight excluding hydrogens is 240 g/mol. The second-order valence-electron chi connectivity index (χ2n) is 3.96. The van der Waals surface area contributed by atoms with Crippen LogP contribution in [0.2, 0.25) is 0 Å². The van der Waals surface area contributed by atoms with Crippen molar-refractivity contribution in [3.05, 3.63) is 72.3 Å². The standard InChI is InChI=1S/C16H16OS/c17-15(12-11-14-7-3-1-4-8-14)13-18-16-9-5-2-6-10-16/h1-12,15,17H,13H2/b12-11+. The molecule has 0 saturated carbocycles. The Balaban J connectivity index is 1.82. The van der Waals surface area contributed by atoms with Gasteiger partial charge < -0.3 is 5.11 Å². The van der Waals surface area contributed by atoms with E-state index in [0.717, 1.165) is 5.56 Å². The minimum absolute atomic E-state index is 0.421. The molecule has 0 fully saturated rings. The first-order valence-electron chi connectivity index (χ1n) is 5.94. The van der Waals surface area contributed by atoms with Gasteiger partial charge in [0.2, 0.25) is 0 Å². The van der Waals surface area contributed by atoms with Gasteiger partial charge in [-0.25, -0.2) is 0 Å². The molecule has 0 aliphatic rings. The predicted octanol–water partition coefficient (Wildman–Crippen LogP) is 3.85. The topological polar surface area (TPSA) is 20.2 Å². The molecule has 0 amide bonds. The van der Waals surface area contributed by atoms with Crippen molar-refractivity contribution in [2.45, 2.75) is 11.0 Å². The fourth-order valence-electron chi connectivity index (χ4n) is 1.54. The first kappa shape index (κ1) is 12.9. The van der Waals surface area contributed by atoms with Gasteiger partial charge in [-0.3, -0.25) is 0 Å². The van der Waals surface area contributed by atoms with Gasteiger partial charge in [0.1, 0.15) is 0 Å². The van der Waals surface area contributed by atoms with E-state index < -0.39 is 6.10 Å². The molecule has 1 N–H and O–H groups in total. The summed E-state index contributed by atoms with van der Waals surface area (Å²) in [6.45, 7) is 0. The predicted molar refractivity (Wildman–Crippen MR) is 78.6 cm³/mol. The van der Waals surface area contributed by atoms with Gasteiger partial charge >= 0.3 is 0 Å². The van der Waals surface area contributed by atoms with E-state index in [1.807, 2.05) is 60.7 Å². The van der Waals surface area contributed by atoms with E-state index in [2.05, 4.69) is 12.1 Å². The lowest BCUT2D eigenvalue weighted by molar-refractivity contribution is 0.249.